The number of benzene rings is 3. The highest BCUT2D eigenvalue weighted by Gasteiger charge is 2.27. The molecule has 1 aliphatic rings. The number of hydrogen-bond acceptors (Lipinski definition) is 7. The molecule has 172 valence electrons. The minimum absolute atomic E-state index is 0.0779. The first-order valence-corrected chi connectivity index (χ1v) is 10.2. The van der Waals surface area contributed by atoms with Crippen molar-refractivity contribution >= 4 is 35.2 Å². The number of ether oxygens (including phenoxy) is 3. The molecule has 4 rings (SSSR count). The fourth-order valence-electron chi connectivity index (χ4n) is 3.19. The van der Waals surface area contributed by atoms with Gasteiger partial charge in [0.25, 0.3) is 5.69 Å². The zero-order chi connectivity index (χ0) is 24.2. The number of carbonyl (C=O) groups excluding carboxylic acids is 1. The molecule has 0 saturated heterocycles. The third kappa shape index (κ3) is 4.74. The summed E-state index contributed by atoms with van der Waals surface area (Å²) < 4.78 is 30.4. The number of rotatable bonds is 7. The molecule has 8 nitrogen and oxygen atoms in total. The zero-order valence-corrected chi connectivity index (χ0v) is 18.4. The highest BCUT2D eigenvalue weighted by atomic mass is 35.5. The average Bonchev–Trinajstić information content (AvgIpc) is 3.18. The summed E-state index contributed by atoms with van der Waals surface area (Å²) in [5, 5.41) is 11.2. The zero-order valence-electron chi connectivity index (χ0n) is 17.7. The minimum atomic E-state index is -0.777. The predicted octanol–water partition coefficient (Wildman–Crippen LogP) is 5.32. The SMILES string of the molecule is COc1cccc(/C=C2\N=C(c3cc([N+](=O)[O-])ccc3Cl)OC2=O)c1OCc1ccccc1F. The van der Waals surface area contributed by atoms with Crippen molar-refractivity contribution in [3.8, 4) is 11.5 Å². The van der Waals surface area contributed by atoms with Crippen molar-refractivity contribution in [3.05, 3.63) is 104 Å². The molecule has 0 spiro atoms. The third-order valence-electron chi connectivity index (χ3n) is 4.86. The number of methoxy groups -OCH3 is 1. The van der Waals surface area contributed by atoms with Crippen molar-refractivity contribution in [2.45, 2.75) is 6.61 Å². The lowest BCUT2D eigenvalue weighted by molar-refractivity contribution is -0.384. The van der Waals surface area contributed by atoms with Crippen molar-refractivity contribution in [3.63, 3.8) is 0 Å². The number of carbonyl (C=O) groups is 1. The van der Waals surface area contributed by atoms with Crippen LogP contribution in [0.4, 0.5) is 10.1 Å². The molecule has 34 heavy (non-hydrogen) atoms. The molecule has 0 bridgehead atoms. The Morgan fingerprint density at radius 3 is 2.71 bits per heavy atom. The van der Waals surface area contributed by atoms with Crippen LogP contribution in [-0.4, -0.2) is 23.9 Å². The van der Waals surface area contributed by atoms with Gasteiger partial charge in [0, 0.05) is 23.3 Å². The van der Waals surface area contributed by atoms with Gasteiger partial charge in [0.15, 0.2) is 17.2 Å². The van der Waals surface area contributed by atoms with E-state index < -0.39 is 16.7 Å². The normalized spacial score (nSPS) is 14.0. The molecule has 1 aliphatic heterocycles. The molecular weight excluding hydrogens is 467 g/mol. The van der Waals surface area contributed by atoms with Crippen molar-refractivity contribution in [1.82, 2.24) is 0 Å². The number of nitrogens with zero attached hydrogens (tertiary/aromatic N) is 2. The standard InChI is InChI=1S/C24H16ClFN2O6/c1-32-21-8-4-6-14(22(21)33-13-15-5-2-3-7-19(15)26)11-20-24(29)34-23(27-20)17-12-16(28(30)31)9-10-18(17)25/h2-12H,13H2,1H3/b20-11-. The Balaban J connectivity index is 1.69. The van der Waals surface area contributed by atoms with Gasteiger partial charge >= 0.3 is 5.97 Å². The Labute approximate surface area is 198 Å². The van der Waals surface area contributed by atoms with E-state index in [0.29, 0.717) is 16.9 Å². The first-order chi connectivity index (χ1) is 16.4. The van der Waals surface area contributed by atoms with E-state index in [9.17, 15) is 19.3 Å². The highest BCUT2D eigenvalue weighted by molar-refractivity contribution is 6.34. The van der Waals surface area contributed by atoms with E-state index in [1.807, 2.05) is 0 Å². The van der Waals surface area contributed by atoms with Gasteiger partial charge in [-0.05, 0) is 24.3 Å². The monoisotopic (exact) mass is 482 g/mol. The van der Waals surface area contributed by atoms with Gasteiger partial charge in [0.1, 0.15) is 12.4 Å². The van der Waals surface area contributed by atoms with Crippen LogP contribution in [0.15, 0.2) is 71.4 Å². The van der Waals surface area contributed by atoms with Crippen molar-refractivity contribution in [2.75, 3.05) is 7.11 Å². The van der Waals surface area contributed by atoms with Crippen LogP contribution in [-0.2, 0) is 16.1 Å². The molecule has 0 N–H and O–H groups in total. The van der Waals surface area contributed by atoms with E-state index in [2.05, 4.69) is 4.99 Å². The van der Waals surface area contributed by atoms with Crippen LogP contribution < -0.4 is 9.47 Å². The molecular formula is C24H16ClFN2O6. The van der Waals surface area contributed by atoms with Crippen LogP contribution in [0, 0.1) is 15.9 Å². The number of nitro groups is 1. The fraction of sp³-hybridized carbons (Fsp3) is 0.0833. The highest BCUT2D eigenvalue weighted by Crippen LogP contribution is 2.35. The van der Waals surface area contributed by atoms with Gasteiger partial charge in [0.05, 0.1) is 22.6 Å². The van der Waals surface area contributed by atoms with Crippen LogP contribution >= 0.6 is 11.6 Å². The van der Waals surface area contributed by atoms with Crippen LogP contribution in [0.25, 0.3) is 6.08 Å². The molecule has 3 aromatic rings. The number of aliphatic imine (C=N–C) groups is 1. The van der Waals surface area contributed by atoms with Gasteiger partial charge in [-0.3, -0.25) is 10.1 Å². The molecule has 0 amide bonds. The maximum absolute atomic E-state index is 14.0. The number of hydrogen-bond donors (Lipinski definition) is 0. The number of halogens is 2. The Morgan fingerprint density at radius 1 is 1.18 bits per heavy atom. The van der Waals surface area contributed by atoms with Crippen LogP contribution in [0.1, 0.15) is 16.7 Å². The minimum Gasteiger partial charge on any atom is -0.493 e. The fourth-order valence-corrected chi connectivity index (χ4v) is 3.39. The van der Waals surface area contributed by atoms with E-state index in [0.717, 1.165) is 0 Å². The molecule has 10 heteroatoms. The molecule has 0 unspecified atom stereocenters. The molecule has 0 radical (unpaired) electrons. The number of nitro benzene ring substituents is 1. The largest absolute Gasteiger partial charge is 0.493 e. The molecule has 1 heterocycles. The van der Waals surface area contributed by atoms with Gasteiger partial charge < -0.3 is 14.2 Å². The van der Waals surface area contributed by atoms with Gasteiger partial charge in [-0.2, -0.15) is 0 Å². The second-order valence-corrected chi connectivity index (χ2v) is 7.42. The summed E-state index contributed by atoms with van der Waals surface area (Å²) in [5.41, 5.74) is 0.564. The van der Waals surface area contributed by atoms with Crippen LogP contribution in [0.5, 0.6) is 11.5 Å². The van der Waals surface area contributed by atoms with E-state index in [4.69, 9.17) is 25.8 Å². The lowest BCUT2D eigenvalue weighted by atomic mass is 10.1. The smallest absolute Gasteiger partial charge is 0.363 e. The second kappa shape index (κ2) is 9.72. The molecule has 0 aliphatic carbocycles. The Morgan fingerprint density at radius 2 is 1.97 bits per heavy atom. The summed E-state index contributed by atoms with van der Waals surface area (Å²) in [6.45, 7) is -0.0779. The molecule has 0 saturated carbocycles. The molecule has 0 aromatic heterocycles. The summed E-state index contributed by atoms with van der Waals surface area (Å²) >= 11 is 6.13. The van der Waals surface area contributed by atoms with E-state index in [1.165, 1.54) is 37.5 Å². The topological polar surface area (TPSA) is 100 Å². The quantitative estimate of drug-likeness (QED) is 0.195. The van der Waals surface area contributed by atoms with E-state index >= 15 is 0 Å². The summed E-state index contributed by atoms with van der Waals surface area (Å²) in [6, 6.07) is 14.9. The Hall–Kier alpha value is -4.24. The van der Waals surface area contributed by atoms with Crippen molar-refractivity contribution in [2.24, 2.45) is 4.99 Å². The number of non-ortho nitro benzene ring substituents is 1. The van der Waals surface area contributed by atoms with Crippen molar-refractivity contribution < 1.29 is 28.3 Å². The lowest BCUT2D eigenvalue weighted by Gasteiger charge is -2.14. The second-order valence-electron chi connectivity index (χ2n) is 7.02. The summed E-state index contributed by atoms with van der Waals surface area (Å²) in [4.78, 5) is 27.1. The average molecular weight is 483 g/mol. The van der Waals surface area contributed by atoms with Crippen molar-refractivity contribution in [1.29, 1.82) is 0 Å². The first-order valence-electron chi connectivity index (χ1n) is 9.87. The van der Waals surface area contributed by atoms with Gasteiger partial charge in [-0.15, -0.1) is 0 Å². The Bertz CT molecular complexity index is 1360. The molecule has 0 atom stereocenters. The summed E-state index contributed by atoms with van der Waals surface area (Å²) in [7, 11) is 1.45. The summed E-state index contributed by atoms with van der Waals surface area (Å²) in [5.74, 6) is -0.726. The number of cyclic esters (lactones) is 1. The van der Waals surface area contributed by atoms with E-state index in [-0.39, 0.29) is 40.2 Å². The number of esters is 1. The van der Waals surface area contributed by atoms with Gasteiger partial charge in [-0.25, -0.2) is 14.2 Å². The summed E-state index contributed by atoms with van der Waals surface area (Å²) in [6.07, 6.45) is 1.42. The lowest BCUT2D eigenvalue weighted by Crippen LogP contribution is -2.06. The van der Waals surface area contributed by atoms with Gasteiger partial charge in [0.2, 0.25) is 5.90 Å². The number of para-hydroxylation sites is 1. The van der Waals surface area contributed by atoms with Gasteiger partial charge in [-0.1, -0.05) is 41.9 Å². The Kier molecular flexibility index (Phi) is 6.55. The molecule has 3 aromatic carbocycles. The molecule has 0 fully saturated rings. The predicted molar refractivity (Wildman–Crippen MR) is 122 cm³/mol. The van der Waals surface area contributed by atoms with Crippen LogP contribution in [0.3, 0.4) is 0 Å². The maximum Gasteiger partial charge on any atom is 0.363 e. The third-order valence-corrected chi connectivity index (χ3v) is 5.19. The first kappa shape index (κ1) is 22.9. The van der Waals surface area contributed by atoms with Crippen LogP contribution in [0.2, 0.25) is 5.02 Å². The maximum atomic E-state index is 14.0. The van der Waals surface area contributed by atoms with E-state index in [1.54, 1.807) is 36.4 Å².